The Balaban J connectivity index is 4.30. The Hall–Kier alpha value is -0.0431. The topological polar surface area (TPSA) is 0 Å². The van der Waals surface area contributed by atoms with Crippen molar-refractivity contribution in [2.75, 3.05) is 0 Å². The highest BCUT2D eigenvalue weighted by Crippen LogP contribution is 2.29. The Kier molecular flexibility index (Phi) is 3.95. The Morgan fingerprint density at radius 2 is 1.70 bits per heavy atom. The van der Waals surface area contributed by atoms with Crippen LogP contribution in [0.5, 0.6) is 0 Å². The van der Waals surface area contributed by atoms with Gasteiger partial charge in [-0.1, -0.05) is 39.8 Å². The lowest BCUT2D eigenvalue weighted by Crippen LogP contribution is -2.33. The molecule has 0 radical (unpaired) electrons. The molecule has 0 saturated heterocycles. The van der Waals surface area contributed by atoms with Gasteiger partial charge in [0.15, 0.2) is 0 Å². The molecule has 0 nitrogen and oxygen atoms in total. The van der Waals surface area contributed by atoms with Gasteiger partial charge in [0.25, 0.3) is 0 Å². The summed E-state index contributed by atoms with van der Waals surface area (Å²) in [7, 11) is -1.03. The van der Waals surface area contributed by atoms with Crippen molar-refractivity contribution in [1.82, 2.24) is 0 Å². The molecule has 0 aromatic heterocycles. The molecule has 0 aliphatic carbocycles. The molecular weight excluding hydrogens is 136 g/mol. The lowest BCUT2D eigenvalue weighted by Gasteiger charge is -2.29. The second-order valence-electron chi connectivity index (χ2n) is 3.30. The zero-order valence-electron chi connectivity index (χ0n) is 7.78. The van der Waals surface area contributed by atoms with Gasteiger partial charge in [0.1, 0.15) is 0 Å². The second-order valence-corrected chi connectivity index (χ2v) is 8.74. The summed E-state index contributed by atoms with van der Waals surface area (Å²) in [6.07, 6.45) is 0. The van der Waals surface area contributed by atoms with Crippen LogP contribution in [0.2, 0.25) is 17.6 Å². The zero-order valence-corrected chi connectivity index (χ0v) is 8.78. The van der Waals surface area contributed by atoms with Gasteiger partial charge >= 0.3 is 0 Å². The molecule has 1 heteroatoms. The fourth-order valence-corrected chi connectivity index (χ4v) is 4.77. The number of hydrogen-bond acceptors (Lipinski definition) is 0. The maximum absolute atomic E-state index is 3.96. The van der Waals surface area contributed by atoms with Gasteiger partial charge < -0.3 is 0 Å². The largest absolute Gasteiger partial charge is 0.107 e. The Bertz CT molecular complexity index is 101. The van der Waals surface area contributed by atoms with Crippen LogP contribution in [-0.4, -0.2) is 8.07 Å². The van der Waals surface area contributed by atoms with Gasteiger partial charge in [-0.2, -0.15) is 0 Å². The van der Waals surface area contributed by atoms with E-state index in [9.17, 15) is 0 Å². The molecule has 0 aromatic carbocycles. The van der Waals surface area contributed by atoms with Gasteiger partial charge in [-0.3, -0.25) is 0 Å². The molecule has 0 bridgehead atoms. The molecule has 0 aliphatic rings. The lowest BCUT2D eigenvalue weighted by molar-refractivity contribution is 0.978. The van der Waals surface area contributed by atoms with Crippen molar-refractivity contribution in [3.05, 3.63) is 12.3 Å². The maximum atomic E-state index is 3.96. The third-order valence-corrected chi connectivity index (χ3v) is 8.62. The molecule has 60 valence electrons. The first-order valence-electron chi connectivity index (χ1n) is 4.26. The summed E-state index contributed by atoms with van der Waals surface area (Å²) in [6, 6.07) is 2.70. The van der Waals surface area contributed by atoms with E-state index in [2.05, 4.69) is 40.0 Å². The number of hydrogen-bond donors (Lipinski definition) is 0. The highest BCUT2D eigenvalue weighted by molar-refractivity contribution is 6.85. The monoisotopic (exact) mass is 156 g/mol. The van der Waals surface area contributed by atoms with Crippen LogP contribution in [0.15, 0.2) is 12.3 Å². The Morgan fingerprint density at radius 1 is 1.30 bits per heavy atom. The first kappa shape index (κ1) is 9.96. The molecule has 0 heterocycles. The summed E-state index contributed by atoms with van der Waals surface area (Å²) >= 11 is 0. The van der Waals surface area contributed by atoms with Crippen molar-refractivity contribution in [1.29, 1.82) is 0 Å². The van der Waals surface area contributed by atoms with E-state index in [1.165, 1.54) is 12.1 Å². The summed E-state index contributed by atoms with van der Waals surface area (Å²) < 4.78 is 0. The van der Waals surface area contributed by atoms with Crippen LogP contribution in [0, 0.1) is 0 Å². The molecule has 0 N–H and O–H groups in total. The molecule has 0 saturated carbocycles. The number of rotatable bonds is 4. The highest BCUT2D eigenvalue weighted by Gasteiger charge is 2.28. The predicted molar refractivity (Wildman–Crippen MR) is 52.0 cm³/mol. The van der Waals surface area contributed by atoms with Crippen LogP contribution in [0.1, 0.15) is 27.7 Å². The summed E-state index contributed by atoms with van der Waals surface area (Å²) in [5.74, 6) is 0. The van der Waals surface area contributed by atoms with E-state index in [0.29, 0.717) is 0 Å². The summed E-state index contributed by atoms with van der Waals surface area (Å²) in [4.78, 5) is 0. The van der Waals surface area contributed by atoms with E-state index in [4.69, 9.17) is 0 Å². The van der Waals surface area contributed by atoms with Crippen LogP contribution in [0.25, 0.3) is 0 Å². The Labute approximate surface area is 66.4 Å². The normalized spacial score (nSPS) is 12.1. The summed E-state index contributed by atoms with van der Waals surface area (Å²) in [6.45, 7) is 13.2. The standard InChI is InChI=1S/C9H20Si/c1-6-10(7-2,8-3)9(4)5/h6,9H,1,7-8H2,2-5H3. The molecule has 0 aliphatic heterocycles. The van der Waals surface area contributed by atoms with Gasteiger partial charge in [-0.25, -0.2) is 0 Å². The SMILES string of the molecule is C=C[Si](CC)(CC)C(C)C. The van der Waals surface area contributed by atoms with E-state index in [1.54, 1.807) is 0 Å². The average molecular weight is 156 g/mol. The minimum absolute atomic E-state index is 0.861. The van der Waals surface area contributed by atoms with Crippen LogP contribution in [-0.2, 0) is 0 Å². The van der Waals surface area contributed by atoms with E-state index in [1.807, 2.05) is 0 Å². The minimum atomic E-state index is -1.03. The van der Waals surface area contributed by atoms with Crippen molar-refractivity contribution in [3.8, 4) is 0 Å². The second kappa shape index (κ2) is 3.97. The molecule has 0 rings (SSSR count). The van der Waals surface area contributed by atoms with Gasteiger partial charge in [0.05, 0.1) is 8.07 Å². The summed E-state index contributed by atoms with van der Waals surface area (Å²) in [5.41, 5.74) is 3.12. The van der Waals surface area contributed by atoms with Crippen LogP contribution in [0.4, 0.5) is 0 Å². The van der Waals surface area contributed by atoms with Crippen molar-refractivity contribution in [3.63, 3.8) is 0 Å². The third-order valence-electron chi connectivity index (χ3n) is 2.87. The smallest absolute Gasteiger partial charge is 0.0790 e. The van der Waals surface area contributed by atoms with Crippen molar-refractivity contribution < 1.29 is 0 Å². The maximum Gasteiger partial charge on any atom is 0.0790 e. The van der Waals surface area contributed by atoms with Crippen molar-refractivity contribution in [2.45, 2.75) is 45.3 Å². The predicted octanol–water partition coefficient (Wildman–Crippen LogP) is 3.61. The molecule has 0 spiro atoms. The summed E-state index contributed by atoms with van der Waals surface area (Å²) in [5, 5.41) is 0. The van der Waals surface area contributed by atoms with Gasteiger partial charge in [0.2, 0.25) is 0 Å². The van der Waals surface area contributed by atoms with Gasteiger partial charge in [0, 0.05) is 0 Å². The third kappa shape index (κ3) is 1.72. The fourth-order valence-electron chi connectivity index (χ4n) is 1.59. The van der Waals surface area contributed by atoms with Crippen LogP contribution in [0.3, 0.4) is 0 Å². The highest BCUT2D eigenvalue weighted by atomic mass is 28.3. The molecule has 10 heavy (non-hydrogen) atoms. The average Bonchev–Trinajstić information content (AvgIpc) is 1.92. The quantitative estimate of drug-likeness (QED) is 0.545. The van der Waals surface area contributed by atoms with E-state index < -0.39 is 8.07 Å². The van der Waals surface area contributed by atoms with Gasteiger partial charge in [-0.05, 0) is 5.54 Å². The molecule has 0 unspecified atom stereocenters. The first-order chi connectivity index (χ1) is 4.63. The Morgan fingerprint density at radius 3 is 1.70 bits per heavy atom. The van der Waals surface area contributed by atoms with Crippen molar-refractivity contribution in [2.24, 2.45) is 0 Å². The van der Waals surface area contributed by atoms with Crippen LogP contribution >= 0.6 is 0 Å². The molecular formula is C9H20Si. The van der Waals surface area contributed by atoms with Gasteiger partial charge in [-0.15, -0.1) is 12.3 Å². The minimum Gasteiger partial charge on any atom is -0.107 e. The molecule has 0 fully saturated rings. The lowest BCUT2D eigenvalue weighted by atomic mass is 10.6. The van der Waals surface area contributed by atoms with E-state index >= 15 is 0 Å². The first-order valence-corrected chi connectivity index (χ1v) is 6.83. The molecule has 0 amide bonds. The van der Waals surface area contributed by atoms with E-state index in [-0.39, 0.29) is 0 Å². The molecule has 0 atom stereocenters. The van der Waals surface area contributed by atoms with Crippen molar-refractivity contribution >= 4 is 8.07 Å². The van der Waals surface area contributed by atoms with E-state index in [0.717, 1.165) is 5.54 Å². The van der Waals surface area contributed by atoms with Crippen LogP contribution < -0.4 is 0 Å². The molecule has 0 aromatic rings. The fraction of sp³-hybridized carbons (Fsp3) is 0.778. The zero-order chi connectivity index (χ0) is 8.20.